The highest BCUT2D eigenvalue weighted by Gasteiger charge is 2.08. The van der Waals surface area contributed by atoms with Crippen molar-refractivity contribution in [2.45, 2.75) is 59.4 Å². The summed E-state index contributed by atoms with van der Waals surface area (Å²) in [5, 5.41) is 3.47. The summed E-state index contributed by atoms with van der Waals surface area (Å²) in [7, 11) is 0. The van der Waals surface area contributed by atoms with E-state index in [1.54, 1.807) is 0 Å². The van der Waals surface area contributed by atoms with E-state index in [1.165, 1.54) is 47.8 Å². The first kappa shape index (κ1) is 18.5. The molecular weight excluding hydrogens is 324 g/mol. The zero-order valence-corrected chi connectivity index (χ0v) is 15.5. The second-order valence-electron chi connectivity index (χ2n) is 5.65. The molecule has 120 valence electrons. The van der Waals surface area contributed by atoms with Gasteiger partial charge in [-0.2, -0.15) is 0 Å². The van der Waals surface area contributed by atoms with Gasteiger partial charge in [-0.05, 0) is 43.5 Å². The maximum Gasteiger partial charge on any atom is 0.0377 e. The van der Waals surface area contributed by atoms with E-state index in [9.17, 15) is 0 Å². The molecule has 0 aromatic heterocycles. The van der Waals surface area contributed by atoms with Crippen molar-refractivity contribution >= 4 is 21.6 Å². The van der Waals surface area contributed by atoms with E-state index in [4.69, 9.17) is 0 Å². The van der Waals surface area contributed by atoms with Crippen LogP contribution in [0, 0.1) is 0 Å². The summed E-state index contributed by atoms with van der Waals surface area (Å²) in [6.45, 7) is 11.1. The molecule has 21 heavy (non-hydrogen) atoms. The zero-order valence-electron chi connectivity index (χ0n) is 13.9. The molecule has 0 spiro atoms. The molecule has 0 fully saturated rings. The zero-order chi connectivity index (χ0) is 15.5. The third-order valence-corrected chi connectivity index (χ3v) is 4.45. The molecule has 1 N–H and O–H groups in total. The lowest BCUT2D eigenvalue weighted by atomic mass is 10.1. The second kappa shape index (κ2) is 11.1. The van der Waals surface area contributed by atoms with Crippen LogP contribution >= 0.6 is 15.9 Å². The summed E-state index contributed by atoms with van der Waals surface area (Å²) in [5.74, 6) is 0. The first-order valence-corrected chi connectivity index (χ1v) is 9.26. The maximum atomic E-state index is 3.74. The molecule has 1 aromatic rings. The van der Waals surface area contributed by atoms with Gasteiger partial charge in [0.25, 0.3) is 0 Å². The van der Waals surface area contributed by atoms with Gasteiger partial charge in [0.15, 0.2) is 0 Å². The van der Waals surface area contributed by atoms with Crippen LogP contribution in [0.4, 0.5) is 5.69 Å². The number of hydrogen-bond acceptors (Lipinski definition) is 2. The van der Waals surface area contributed by atoms with Gasteiger partial charge >= 0.3 is 0 Å². The Balaban J connectivity index is 2.71. The molecule has 0 bridgehead atoms. The van der Waals surface area contributed by atoms with Crippen molar-refractivity contribution in [2.24, 2.45) is 0 Å². The van der Waals surface area contributed by atoms with E-state index in [-0.39, 0.29) is 0 Å². The van der Waals surface area contributed by atoms with Crippen LogP contribution in [-0.4, -0.2) is 19.6 Å². The molecule has 1 aromatic carbocycles. The monoisotopic (exact) mass is 354 g/mol. The Bertz CT molecular complexity index is 385. The van der Waals surface area contributed by atoms with Gasteiger partial charge < -0.3 is 10.2 Å². The fourth-order valence-corrected chi connectivity index (χ4v) is 2.85. The molecule has 0 aliphatic rings. The number of unbranched alkanes of at least 4 members (excludes halogenated alkanes) is 2. The average Bonchev–Trinajstić information content (AvgIpc) is 2.49. The molecule has 0 heterocycles. The summed E-state index contributed by atoms with van der Waals surface area (Å²) in [6, 6.07) is 6.82. The van der Waals surface area contributed by atoms with Gasteiger partial charge in [0.1, 0.15) is 0 Å². The van der Waals surface area contributed by atoms with Gasteiger partial charge in [-0.1, -0.05) is 55.6 Å². The first-order chi connectivity index (χ1) is 10.2. The molecular formula is C18H31BrN2. The van der Waals surface area contributed by atoms with Gasteiger partial charge in [0.05, 0.1) is 0 Å². The van der Waals surface area contributed by atoms with Gasteiger partial charge in [-0.25, -0.2) is 0 Å². The quantitative estimate of drug-likeness (QED) is 0.538. The van der Waals surface area contributed by atoms with E-state index >= 15 is 0 Å². The third-order valence-electron chi connectivity index (χ3n) is 3.71. The van der Waals surface area contributed by atoms with Crippen molar-refractivity contribution in [3.05, 3.63) is 28.2 Å². The van der Waals surface area contributed by atoms with Crippen molar-refractivity contribution in [2.75, 3.05) is 24.5 Å². The normalized spacial score (nSPS) is 10.9. The van der Waals surface area contributed by atoms with Gasteiger partial charge in [-0.3, -0.25) is 0 Å². The minimum Gasteiger partial charge on any atom is -0.372 e. The van der Waals surface area contributed by atoms with E-state index in [2.05, 4.69) is 65.1 Å². The van der Waals surface area contributed by atoms with Crippen molar-refractivity contribution < 1.29 is 0 Å². The van der Waals surface area contributed by atoms with Crippen LogP contribution in [0.15, 0.2) is 22.7 Å². The lowest BCUT2D eigenvalue weighted by Gasteiger charge is -2.25. The van der Waals surface area contributed by atoms with E-state index in [1.807, 2.05) is 0 Å². The smallest absolute Gasteiger partial charge is 0.0377 e. The largest absolute Gasteiger partial charge is 0.372 e. The number of hydrogen-bond donors (Lipinski definition) is 1. The molecule has 0 aliphatic carbocycles. The fourth-order valence-electron chi connectivity index (χ4n) is 2.34. The maximum absolute atomic E-state index is 3.74. The van der Waals surface area contributed by atoms with Crippen LogP contribution in [0.3, 0.4) is 0 Å². The Morgan fingerprint density at radius 1 is 1.00 bits per heavy atom. The molecule has 0 unspecified atom stereocenters. The molecule has 3 heteroatoms. The van der Waals surface area contributed by atoms with Gasteiger partial charge in [-0.15, -0.1) is 0 Å². The van der Waals surface area contributed by atoms with Crippen LogP contribution in [0.5, 0.6) is 0 Å². The summed E-state index contributed by atoms with van der Waals surface area (Å²) in [4.78, 5) is 2.53. The van der Waals surface area contributed by atoms with Gasteiger partial charge in [0.2, 0.25) is 0 Å². The van der Waals surface area contributed by atoms with Crippen molar-refractivity contribution in [3.8, 4) is 0 Å². The number of nitrogens with zero attached hydrogens (tertiary/aromatic N) is 1. The molecule has 0 radical (unpaired) electrons. The topological polar surface area (TPSA) is 15.3 Å². The highest BCUT2D eigenvalue weighted by Crippen LogP contribution is 2.25. The minimum atomic E-state index is 0.943. The summed E-state index contributed by atoms with van der Waals surface area (Å²) >= 11 is 3.74. The second-order valence-corrected chi connectivity index (χ2v) is 6.50. The summed E-state index contributed by atoms with van der Waals surface area (Å²) in [6.07, 6.45) is 6.21. The number of halogens is 1. The lowest BCUT2D eigenvalue weighted by molar-refractivity contribution is 0.670. The Kier molecular flexibility index (Phi) is 9.77. The number of benzene rings is 1. The van der Waals surface area contributed by atoms with Crippen LogP contribution in [0.2, 0.25) is 0 Å². The van der Waals surface area contributed by atoms with Crippen molar-refractivity contribution in [3.63, 3.8) is 0 Å². The van der Waals surface area contributed by atoms with Crippen LogP contribution in [-0.2, 0) is 6.54 Å². The lowest BCUT2D eigenvalue weighted by Crippen LogP contribution is -2.25. The van der Waals surface area contributed by atoms with Crippen molar-refractivity contribution in [1.29, 1.82) is 0 Å². The molecule has 2 nitrogen and oxygen atoms in total. The van der Waals surface area contributed by atoms with Crippen LogP contribution in [0.25, 0.3) is 0 Å². The van der Waals surface area contributed by atoms with E-state index in [0.29, 0.717) is 0 Å². The Labute approximate surface area is 139 Å². The predicted molar refractivity (Wildman–Crippen MR) is 98.2 cm³/mol. The minimum absolute atomic E-state index is 0.943. The highest BCUT2D eigenvalue weighted by atomic mass is 79.9. The molecule has 0 saturated heterocycles. The molecule has 0 aliphatic heterocycles. The molecule has 0 amide bonds. The molecule has 0 atom stereocenters. The van der Waals surface area contributed by atoms with Crippen molar-refractivity contribution in [1.82, 2.24) is 5.32 Å². The van der Waals surface area contributed by atoms with E-state index < -0.39 is 0 Å². The predicted octanol–water partition coefficient (Wildman–Crippen LogP) is 5.36. The standard InChI is InChI=1S/C18H31BrN2/c1-4-7-12-21(13-8-5-2)17-10-9-16(18(19)14-17)15-20-11-6-3/h9-10,14,20H,4-8,11-13,15H2,1-3H3. The Morgan fingerprint density at radius 2 is 1.67 bits per heavy atom. The summed E-state index contributed by atoms with van der Waals surface area (Å²) < 4.78 is 1.22. The van der Waals surface area contributed by atoms with E-state index in [0.717, 1.165) is 26.2 Å². The Morgan fingerprint density at radius 3 is 2.19 bits per heavy atom. The SMILES string of the molecule is CCCCN(CCCC)c1ccc(CNCCC)c(Br)c1. The molecule has 0 saturated carbocycles. The van der Waals surface area contributed by atoms with Crippen LogP contribution < -0.4 is 10.2 Å². The number of anilines is 1. The third kappa shape index (κ3) is 6.84. The van der Waals surface area contributed by atoms with Crippen LogP contribution in [0.1, 0.15) is 58.4 Å². The number of rotatable bonds is 11. The highest BCUT2D eigenvalue weighted by molar-refractivity contribution is 9.10. The average molecular weight is 355 g/mol. The number of nitrogens with one attached hydrogen (secondary N) is 1. The summed E-state index contributed by atoms with van der Waals surface area (Å²) in [5.41, 5.74) is 2.70. The Hall–Kier alpha value is -0.540. The van der Waals surface area contributed by atoms with Gasteiger partial charge in [0, 0.05) is 29.8 Å². The first-order valence-electron chi connectivity index (χ1n) is 8.47. The molecule has 1 rings (SSSR count). The fraction of sp³-hybridized carbons (Fsp3) is 0.667.